The molecule has 1 N–H and O–H groups in total. The van der Waals surface area contributed by atoms with Gasteiger partial charge in [0.2, 0.25) is 0 Å². The number of aryl methyl sites for hydroxylation is 1. The monoisotopic (exact) mass is 518 g/mol. The molecule has 2 aliphatic rings. The number of hydrogen-bond donors (Lipinski definition) is 1. The fourth-order valence-electron chi connectivity index (χ4n) is 5.80. The average Bonchev–Trinajstić information content (AvgIpc) is 3.67. The van der Waals surface area contributed by atoms with Crippen LogP contribution in [0.1, 0.15) is 74.3 Å². The van der Waals surface area contributed by atoms with Crippen molar-refractivity contribution in [3.8, 4) is 10.4 Å². The number of carbonyl (C=O) groups excluding carboxylic acids is 2. The van der Waals surface area contributed by atoms with E-state index in [1.807, 2.05) is 44.2 Å². The first-order valence-corrected chi connectivity index (χ1v) is 13.9. The number of amides is 1. The molecule has 6 nitrogen and oxygen atoms in total. The van der Waals surface area contributed by atoms with Crippen molar-refractivity contribution >= 4 is 29.3 Å². The molecule has 2 aromatic carbocycles. The highest BCUT2D eigenvalue weighted by Gasteiger charge is 2.56. The van der Waals surface area contributed by atoms with Gasteiger partial charge in [-0.15, -0.1) is 0 Å². The normalized spacial score (nSPS) is 21.1. The van der Waals surface area contributed by atoms with Crippen LogP contribution in [0.2, 0.25) is 0 Å². The lowest BCUT2D eigenvalue weighted by Crippen LogP contribution is -2.29. The second kappa shape index (κ2) is 10.7. The standard InChI is InChI=1S/C30H34N2O4S/c1-19-26(31-29(34)36-20(2)21-7-5-4-6-8-21)27(37-32-19)24-11-9-22(10-12-24)23-13-15-25(16-14-23)30(17-18-30)28(33)35-3/h4-12,20,23,25H,13-18H2,1-3H3,(H,31,34)/t20-,23?,25?/m1/s1. The fourth-order valence-corrected chi connectivity index (χ4v) is 6.65. The third-order valence-electron chi connectivity index (χ3n) is 8.18. The summed E-state index contributed by atoms with van der Waals surface area (Å²) in [7, 11) is 1.51. The lowest BCUT2D eigenvalue weighted by molar-refractivity contribution is -0.150. The summed E-state index contributed by atoms with van der Waals surface area (Å²) in [5, 5.41) is 2.92. The lowest BCUT2D eigenvalue weighted by Gasteiger charge is -2.33. The predicted molar refractivity (Wildman–Crippen MR) is 146 cm³/mol. The molecule has 0 saturated heterocycles. The molecule has 3 aromatic rings. The maximum absolute atomic E-state index is 12.7. The van der Waals surface area contributed by atoms with E-state index >= 15 is 0 Å². The van der Waals surface area contributed by atoms with Crippen molar-refractivity contribution in [1.29, 1.82) is 0 Å². The van der Waals surface area contributed by atoms with Crippen molar-refractivity contribution in [2.45, 2.75) is 64.4 Å². The van der Waals surface area contributed by atoms with E-state index in [1.54, 1.807) is 0 Å². The Labute approximate surface area is 222 Å². The van der Waals surface area contributed by atoms with Gasteiger partial charge in [-0.05, 0) is 92.4 Å². The quantitative estimate of drug-likeness (QED) is 0.325. The molecule has 5 rings (SSSR count). The highest BCUT2D eigenvalue weighted by Crippen LogP contribution is 2.58. The number of carbonyl (C=O) groups is 2. The average molecular weight is 519 g/mol. The van der Waals surface area contributed by atoms with Crippen molar-refractivity contribution in [2.24, 2.45) is 11.3 Å². The van der Waals surface area contributed by atoms with Crippen LogP contribution >= 0.6 is 11.5 Å². The van der Waals surface area contributed by atoms with Crippen LogP contribution in [0.4, 0.5) is 10.5 Å². The number of esters is 1. The van der Waals surface area contributed by atoms with Crippen LogP contribution in [0.15, 0.2) is 54.6 Å². The first kappa shape index (κ1) is 25.5. The predicted octanol–water partition coefficient (Wildman–Crippen LogP) is 7.66. The summed E-state index contributed by atoms with van der Waals surface area (Å²) in [6.45, 7) is 3.75. The van der Waals surface area contributed by atoms with Gasteiger partial charge >= 0.3 is 12.1 Å². The zero-order valence-corrected chi connectivity index (χ0v) is 22.5. The molecule has 2 aliphatic carbocycles. The van der Waals surface area contributed by atoms with E-state index < -0.39 is 6.09 Å². The number of anilines is 1. The van der Waals surface area contributed by atoms with Crippen molar-refractivity contribution in [2.75, 3.05) is 12.4 Å². The summed E-state index contributed by atoms with van der Waals surface area (Å²) in [5.41, 5.74) is 4.57. The van der Waals surface area contributed by atoms with E-state index in [1.165, 1.54) is 24.2 Å². The molecule has 1 atom stereocenters. The minimum atomic E-state index is -0.491. The molecule has 0 radical (unpaired) electrons. The molecular formula is C30H34N2O4S. The van der Waals surface area contributed by atoms with Gasteiger partial charge in [0.1, 0.15) is 6.10 Å². The summed E-state index contributed by atoms with van der Waals surface area (Å²) in [6.07, 6.45) is 5.46. The molecule has 0 bridgehead atoms. The molecule has 2 fully saturated rings. The van der Waals surface area contributed by atoms with Gasteiger partial charge in [0.05, 0.1) is 28.8 Å². The first-order valence-electron chi connectivity index (χ1n) is 13.1. The third kappa shape index (κ3) is 5.28. The van der Waals surface area contributed by atoms with Gasteiger partial charge in [-0.1, -0.05) is 54.6 Å². The molecule has 1 amide bonds. The maximum atomic E-state index is 12.7. The van der Waals surface area contributed by atoms with Crippen LogP contribution in [0.25, 0.3) is 10.4 Å². The molecule has 1 heterocycles. The Balaban J connectivity index is 1.22. The van der Waals surface area contributed by atoms with E-state index in [-0.39, 0.29) is 17.5 Å². The Kier molecular flexibility index (Phi) is 7.33. The van der Waals surface area contributed by atoms with Gasteiger partial charge in [-0.25, -0.2) is 4.79 Å². The largest absolute Gasteiger partial charge is 0.469 e. The summed E-state index contributed by atoms with van der Waals surface area (Å²) in [4.78, 5) is 25.9. The second-order valence-electron chi connectivity index (χ2n) is 10.4. The Morgan fingerprint density at radius 3 is 2.32 bits per heavy atom. The summed E-state index contributed by atoms with van der Waals surface area (Å²) < 4.78 is 15.2. The summed E-state index contributed by atoms with van der Waals surface area (Å²) in [6, 6.07) is 18.3. The van der Waals surface area contributed by atoms with Crippen LogP contribution in [0.5, 0.6) is 0 Å². The van der Waals surface area contributed by atoms with E-state index in [9.17, 15) is 9.59 Å². The Bertz CT molecular complexity index is 1240. The highest BCUT2D eigenvalue weighted by atomic mass is 32.1. The van der Waals surface area contributed by atoms with Crippen LogP contribution in [0, 0.1) is 18.3 Å². The zero-order chi connectivity index (χ0) is 26.0. The maximum Gasteiger partial charge on any atom is 0.412 e. The van der Waals surface area contributed by atoms with Gasteiger partial charge < -0.3 is 9.47 Å². The first-order chi connectivity index (χ1) is 17.9. The second-order valence-corrected chi connectivity index (χ2v) is 11.1. The van der Waals surface area contributed by atoms with E-state index in [4.69, 9.17) is 9.47 Å². The zero-order valence-electron chi connectivity index (χ0n) is 21.7. The van der Waals surface area contributed by atoms with Crippen molar-refractivity contribution < 1.29 is 19.1 Å². The minimum Gasteiger partial charge on any atom is -0.469 e. The van der Waals surface area contributed by atoms with Crippen LogP contribution in [-0.4, -0.2) is 23.5 Å². The molecule has 7 heteroatoms. The SMILES string of the molecule is COC(=O)C1(C2CCC(c3ccc(-c4snc(C)c4NC(=O)O[C@H](C)c4ccccc4)cc3)CC2)CC1. The van der Waals surface area contributed by atoms with Crippen molar-refractivity contribution in [1.82, 2.24) is 4.37 Å². The van der Waals surface area contributed by atoms with Gasteiger partial charge in [-0.3, -0.25) is 10.1 Å². The molecular weight excluding hydrogens is 484 g/mol. The van der Waals surface area contributed by atoms with E-state index in [0.29, 0.717) is 17.5 Å². The van der Waals surface area contributed by atoms with Gasteiger partial charge in [-0.2, -0.15) is 4.37 Å². The molecule has 0 spiro atoms. The number of aromatic nitrogens is 1. The third-order valence-corrected chi connectivity index (χ3v) is 9.16. The molecule has 2 saturated carbocycles. The van der Waals surface area contributed by atoms with E-state index in [0.717, 1.165) is 60.2 Å². The number of nitrogens with one attached hydrogen (secondary N) is 1. The van der Waals surface area contributed by atoms with Crippen LogP contribution in [0.3, 0.4) is 0 Å². The van der Waals surface area contributed by atoms with Gasteiger partial charge in [0.25, 0.3) is 0 Å². The van der Waals surface area contributed by atoms with Gasteiger partial charge in [0.15, 0.2) is 0 Å². The molecule has 1 aromatic heterocycles. The molecule has 0 unspecified atom stereocenters. The lowest BCUT2D eigenvalue weighted by atomic mass is 9.72. The topological polar surface area (TPSA) is 77.5 Å². The molecule has 37 heavy (non-hydrogen) atoms. The number of benzene rings is 2. The van der Waals surface area contributed by atoms with Crippen LogP contribution in [-0.2, 0) is 14.3 Å². The van der Waals surface area contributed by atoms with Crippen LogP contribution < -0.4 is 5.32 Å². The fraction of sp³-hybridized carbons (Fsp3) is 0.433. The summed E-state index contributed by atoms with van der Waals surface area (Å²) >= 11 is 1.38. The smallest absolute Gasteiger partial charge is 0.412 e. The molecule has 194 valence electrons. The Hall–Kier alpha value is -3.19. The van der Waals surface area contributed by atoms with E-state index in [2.05, 4.69) is 34.0 Å². The highest BCUT2D eigenvalue weighted by molar-refractivity contribution is 7.10. The molecule has 0 aliphatic heterocycles. The van der Waals surface area contributed by atoms with Gasteiger partial charge in [0, 0.05) is 0 Å². The van der Waals surface area contributed by atoms with Crippen molar-refractivity contribution in [3.63, 3.8) is 0 Å². The van der Waals surface area contributed by atoms with Crippen molar-refractivity contribution in [3.05, 3.63) is 71.4 Å². The Morgan fingerprint density at radius 2 is 1.70 bits per heavy atom. The number of hydrogen-bond acceptors (Lipinski definition) is 6. The number of methoxy groups -OCH3 is 1. The number of rotatable bonds is 7. The number of ether oxygens (including phenoxy) is 2. The Morgan fingerprint density at radius 1 is 1.03 bits per heavy atom. The minimum absolute atomic E-state index is 0.0111. The summed E-state index contributed by atoms with van der Waals surface area (Å²) in [5.74, 6) is 0.950. The number of nitrogens with zero attached hydrogens (tertiary/aromatic N) is 1.